The average Bonchev–Trinajstić information content (AvgIpc) is 3.46. The van der Waals surface area contributed by atoms with Crippen LogP contribution in [0, 0.1) is 35.8 Å². The van der Waals surface area contributed by atoms with Crippen molar-refractivity contribution in [1.29, 1.82) is 0 Å². The summed E-state index contributed by atoms with van der Waals surface area (Å²) in [5.41, 5.74) is 2.09. The number of aromatic nitrogens is 3. The predicted octanol–water partition coefficient (Wildman–Crippen LogP) is 5.19. The van der Waals surface area contributed by atoms with Crippen molar-refractivity contribution in [3.63, 3.8) is 0 Å². The van der Waals surface area contributed by atoms with Gasteiger partial charge in [-0.15, -0.1) is 6.42 Å². The molecule has 1 aliphatic heterocycles. The maximum Gasteiger partial charge on any atom is 0.222 e. The third kappa shape index (κ3) is 4.90. The average molecular weight is 481 g/mol. The quantitative estimate of drug-likeness (QED) is 0.511. The summed E-state index contributed by atoms with van der Waals surface area (Å²) in [6, 6.07) is 2.67. The molecule has 3 aromatic heterocycles. The summed E-state index contributed by atoms with van der Waals surface area (Å²) in [6.45, 7) is 0.685. The van der Waals surface area contributed by atoms with Gasteiger partial charge in [0.05, 0.1) is 29.7 Å². The summed E-state index contributed by atoms with van der Waals surface area (Å²) in [5, 5.41) is 0.528. The fourth-order valence-electron chi connectivity index (χ4n) is 5.53. The molecule has 35 heavy (non-hydrogen) atoms. The van der Waals surface area contributed by atoms with E-state index in [-0.39, 0.29) is 24.3 Å². The molecule has 5 rings (SSSR count). The lowest BCUT2D eigenvalue weighted by molar-refractivity contribution is -0.131. The van der Waals surface area contributed by atoms with Crippen molar-refractivity contribution in [2.75, 3.05) is 13.1 Å². The van der Waals surface area contributed by atoms with E-state index in [0.29, 0.717) is 59.4 Å². The van der Waals surface area contributed by atoms with Crippen molar-refractivity contribution in [2.45, 2.75) is 51.1 Å². The molecule has 0 bridgehead atoms. The van der Waals surface area contributed by atoms with Gasteiger partial charge in [0.25, 0.3) is 0 Å². The topological polar surface area (TPSA) is 61.9 Å². The molecule has 8 heteroatoms. The van der Waals surface area contributed by atoms with Gasteiger partial charge in [-0.3, -0.25) is 4.79 Å². The molecule has 1 aliphatic carbocycles. The number of rotatable bonds is 5. The zero-order valence-electron chi connectivity index (χ0n) is 19.4. The maximum absolute atomic E-state index is 15.0. The lowest BCUT2D eigenvalue weighted by Gasteiger charge is -2.30. The first kappa shape index (κ1) is 23.4. The van der Waals surface area contributed by atoms with Crippen molar-refractivity contribution in [3.05, 3.63) is 47.4 Å². The minimum Gasteiger partial charge on any atom is -0.345 e. The van der Waals surface area contributed by atoms with Gasteiger partial charge in [-0.2, -0.15) is 0 Å². The van der Waals surface area contributed by atoms with E-state index in [1.54, 1.807) is 11.1 Å². The second kappa shape index (κ2) is 9.73. The monoisotopic (exact) mass is 480 g/mol. The van der Waals surface area contributed by atoms with Gasteiger partial charge in [0.15, 0.2) is 0 Å². The highest BCUT2D eigenvalue weighted by atomic mass is 19.1. The summed E-state index contributed by atoms with van der Waals surface area (Å²) in [4.78, 5) is 25.9. The first-order valence-corrected chi connectivity index (χ1v) is 12.1. The Morgan fingerprint density at radius 2 is 2.06 bits per heavy atom. The molecule has 1 saturated heterocycles. The largest absolute Gasteiger partial charge is 0.345 e. The minimum absolute atomic E-state index is 0.0148. The number of nitrogens with zero attached hydrogens (tertiary/aromatic N) is 3. The van der Waals surface area contributed by atoms with Crippen LogP contribution in [0.15, 0.2) is 24.5 Å². The van der Waals surface area contributed by atoms with E-state index >= 15 is 4.39 Å². The van der Waals surface area contributed by atoms with Crippen LogP contribution in [-0.4, -0.2) is 45.0 Å². The Balaban J connectivity index is 1.35. The number of alkyl halides is 1. The van der Waals surface area contributed by atoms with Crippen molar-refractivity contribution < 1.29 is 18.0 Å². The number of nitrogens with one attached hydrogen (secondary N) is 1. The number of terminal acetylenes is 1. The van der Waals surface area contributed by atoms with E-state index in [1.807, 2.05) is 0 Å². The summed E-state index contributed by atoms with van der Waals surface area (Å²) in [7, 11) is 0. The first-order valence-electron chi connectivity index (χ1n) is 12.1. The first-order chi connectivity index (χ1) is 16.9. The molecule has 3 aromatic rings. The van der Waals surface area contributed by atoms with Gasteiger partial charge >= 0.3 is 0 Å². The number of H-pyrrole nitrogens is 1. The molecular weight excluding hydrogens is 453 g/mol. The number of likely N-dealkylation sites (tertiary alicyclic amines) is 1. The molecule has 4 heterocycles. The lowest BCUT2D eigenvalue weighted by atomic mass is 9.77. The van der Waals surface area contributed by atoms with Gasteiger partial charge in [0.1, 0.15) is 23.5 Å². The molecular formula is C27H27F3N4O. The zero-order chi connectivity index (χ0) is 24.5. The van der Waals surface area contributed by atoms with Crippen molar-refractivity contribution in [2.24, 2.45) is 11.8 Å². The number of carbonyl (C=O) groups is 1. The Morgan fingerprint density at radius 3 is 2.83 bits per heavy atom. The number of carbonyl (C=O) groups excluding carboxylic acids is 1. The highest BCUT2D eigenvalue weighted by molar-refractivity contribution is 5.93. The number of aromatic amines is 1. The van der Waals surface area contributed by atoms with E-state index in [1.165, 1.54) is 12.1 Å². The van der Waals surface area contributed by atoms with Crippen LogP contribution in [-0.2, 0) is 11.2 Å². The number of amides is 1. The highest BCUT2D eigenvalue weighted by Gasteiger charge is 2.30. The van der Waals surface area contributed by atoms with Gasteiger partial charge in [0, 0.05) is 30.1 Å². The van der Waals surface area contributed by atoms with Crippen molar-refractivity contribution >= 4 is 16.9 Å². The Hall–Kier alpha value is -3.34. The molecule has 182 valence electrons. The fraction of sp³-hybridized carbons (Fsp3) is 0.444. The summed E-state index contributed by atoms with van der Waals surface area (Å²) >= 11 is 0. The van der Waals surface area contributed by atoms with Crippen LogP contribution in [0.1, 0.15) is 49.8 Å². The molecule has 1 saturated carbocycles. The van der Waals surface area contributed by atoms with Crippen LogP contribution in [0.4, 0.5) is 13.2 Å². The van der Waals surface area contributed by atoms with E-state index in [2.05, 4.69) is 20.9 Å². The smallest absolute Gasteiger partial charge is 0.222 e. The van der Waals surface area contributed by atoms with Gasteiger partial charge in [-0.05, 0) is 49.7 Å². The van der Waals surface area contributed by atoms with Gasteiger partial charge in [0.2, 0.25) is 5.91 Å². The number of pyridine rings is 2. The Morgan fingerprint density at radius 1 is 1.23 bits per heavy atom. The molecule has 2 fully saturated rings. The van der Waals surface area contributed by atoms with Crippen LogP contribution >= 0.6 is 0 Å². The summed E-state index contributed by atoms with van der Waals surface area (Å²) in [5.74, 6) is 1.95. The third-order valence-corrected chi connectivity index (χ3v) is 7.28. The second-order valence-corrected chi connectivity index (χ2v) is 9.74. The summed E-state index contributed by atoms with van der Waals surface area (Å²) in [6.07, 6.45) is 12.4. The Kier molecular flexibility index (Phi) is 6.50. The molecule has 1 amide bonds. The SMILES string of the molecule is C#Cc1cc(F)c(CC2CCC[C@@H](CC(=O)N3CC[C@@H](F)C3)C2)nc1-c1c[nH]c2ncc(F)cc12. The van der Waals surface area contributed by atoms with E-state index < -0.39 is 17.8 Å². The van der Waals surface area contributed by atoms with Gasteiger partial charge in [-0.25, -0.2) is 23.1 Å². The van der Waals surface area contributed by atoms with Gasteiger partial charge in [-0.1, -0.05) is 18.8 Å². The zero-order valence-corrected chi connectivity index (χ0v) is 19.4. The minimum atomic E-state index is -0.920. The van der Waals surface area contributed by atoms with E-state index in [0.717, 1.165) is 31.9 Å². The van der Waals surface area contributed by atoms with Crippen LogP contribution in [0.2, 0.25) is 0 Å². The number of hydrogen-bond donors (Lipinski definition) is 1. The Bertz CT molecular complexity index is 1300. The lowest BCUT2D eigenvalue weighted by Crippen LogP contribution is -2.31. The van der Waals surface area contributed by atoms with Crippen LogP contribution < -0.4 is 0 Å². The number of hydrogen-bond acceptors (Lipinski definition) is 3. The van der Waals surface area contributed by atoms with E-state index in [9.17, 15) is 13.6 Å². The van der Waals surface area contributed by atoms with Gasteiger partial charge < -0.3 is 9.88 Å². The molecule has 0 aromatic carbocycles. The highest BCUT2D eigenvalue weighted by Crippen LogP contribution is 2.36. The number of fused-ring (bicyclic) bond motifs is 1. The molecule has 2 aliphatic rings. The maximum atomic E-state index is 15.0. The van der Waals surface area contributed by atoms with Crippen LogP contribution in [0.5, 0.6) is 0 Å². The molecule has 1 N–H and O–H groups in total. The fourth-order valence-corrected chi connectivity index (χ4v) is 5.53. The van der Waals surface area contributed by atoms with Crippen molar-refractivity contribution in [1.82, 2.24) is 19.9 Å². The van der Waals surface area contributed by atoms with Crippen molar-refractivity contribution in [3.8, 4) is 23.6 Å². The molecule has 5 nitrogen and oxygen atoms in total. The van der Waals surface area contributed by atoms with E-state index in [4.69, 9.17) is 6.42 Å². The Labute approximate surface area is 202 Å². The molecule has 0 radical (unpaired) electrons. The standard InChI is InChI=1S/C27H27F3N4O/c1-2-18-11-23(30)24(33-26(18)22-14-32-27-21(22)12-20(29)13-31-27)9-16-4-3-5-17(8-16)10-25(35)34-7-6-19(28)15-34/h1,11-14,16-17,19H,3-10,15H2,(H,31,32)/t16?,17-,19-/m1/s1. The summed E-state index contributed by atoms with van der Waals surface area (Å²) < 4.78 is 42.3. The normalized spacial score (nSPS) is 22.5. The molecule has 1 unspecified atom stereocenters. The third-order valence-electron chi connectivity index (χ3n) is 7.28. The second-order valence-electron chi connectivity index (χ2n) is 9.74. The molecule has 3 atom stereocenters. The van der Waals surface area contributed by atoms with Crippen LogP contribution in [0.25, 0.3) is 22.3 Å². The molecule has 0 spiro atoms. The predicted molar refractivity (Wildman–Crippen MR) is 127 cm³/mol. The number of halogens is 3. The van der Waals surface area contributed by atoms with Crippen LogP contribution in [0.3, 0.4) is 0 Å².